The van der Waals surface area contributed by atoms with E-state index in [9.17, 15) is 0 Å². The van der Waals surface area contributed by atoms with Crippen LogP contribution in [0.25, 0.3) is 0 Å². The Morgan fingerprint density at radius 2 is 1.96 bits per heavy atom. The van der Waals surface area contributed by atoms with Crippen molar-refractivity contribution in [1.82, 2.24) is 10.3 Å². The summed E-state index contributed by atoms with van der Waals surface area (Å²) in [5.74, 6) is 1.79. The number of hydrogen-bond donors (Lipinski definition) is 1. The number of benzene rings is 1. The van der Waals surface area contributed by atoms with Gasteiger partial charge in [0, 0.05) is 26.2 Å². The van der Waals surface area contributed by atoms with Crippen molar-refractivity contribution in [2.75, 3.05) is 31.1 Å². The molecule has 1 saturated heterocycles. The Bertz CT molecular complexity index is 700. The highest BCUT2D eigenvalue weighted by Crippen LogP contribution is 2.37. The molecule has 0 saturated carbocycles. The van der Waals surface area contributed by atoms with Crippen molar-refractivity contribution >= 4 is 17.4 Å². The molecule has 1 fully saturated rings. The predicted molar refractivity (Wildman–Crippen MR) is 92.5 cm³/mol. The van der Waals surface area contributed by atoms with Gasteiger partial charge in [-0.3, -0.25) is 0 Å². The number of hydrogen-bond acceptors (Lipinski definition) is 4. The van der Waals surface area contributed by atoms with Crippen LogP contribution < -0.4 is 15.0 Å². The largest absolute Gasteiger partial charge is 0.483 e. The summed E-state index contributed by atoms with van der Waals surface area (Å²) in [5, 5.41) is 4.03. The molecule has 0 radical (unpaired) electrons. The number of pyridine rings is 1. The van der Waals surface area contributed by atoms with E-state index in [2.05, 4.69) is 22.3 Å². The molecule has 1 N–H and O–H groups in total. The third-order valence-corrected chi connectivity index (χ3v) is 4.84. The summed E-state index contributed by atoms with van der Waals surface area (Å²) in [6.07, 6.45) is 1.96. The van der Waals surface area contributed by atoms with Crippen LogP contribution in [0, 0.1) is 0 Å². The van der Waals surface area contributed by atoms with E-state index in [1.54, 1.807) is 0 Å². The third-order valence-electron chi connectivity index (χ3n) is 4.53. The quantitative estimate of drug-likeness (QED) is 0.938. The van der Waals surface area contributed by atoms with Gasteiger partial charge in [0.15, 0.2) is 0 Å². The van der Waals surface area contributed by atoms with Gasteiger partial charge in [0.05, 0.1) is 10.7 Å². The number of rotatable bonds is 3. The zero-order valence-electron chi connectivity index (χ0n) is 13.0. The maximum absolute atomic E-state index is 6.22. The number of aromatic nitrogens is 1. The molecule has 4 rings (SSSR count). The normalized spacial score (nSPS) is 20.4. The number of nitrogens with one attached hydrogen (secondary N) is 1. The molecule has 0 spiro atoms. The lowest BCUT2D eigenvalue weighted by Crippen LogP contribution is -2.44. The predicted octanol–water partition coefficient (Wildman–Crippen LogP) is 3.21. The SMILES string of the molecule is Clc1ccccc1O[C@H]1CCc2ccc(N3CCNCC3)nc21. The molecule has 120 valence electrons. The van der Waals surface area contributed by atoms with E-state index in [-0.39, 0.29) is 6.10 Å². The monoisotopic (exact) mass is 329 g/mol. The Balaban J connectivity index is 1.58. The first-order valence-electron chi connectivity index (χ1n) is 8.18. The molecule has 0 amide bonds. The topological polar surface area (TPSA) is 37.4 Å². The maximum Gasteiger partial charge on any atom is 0.141 e. The lowest BCUT2D eigenvalue weighted by atomic mass is 10.2. The van der Waals surface area contributed by atoms with Gasteiger partial charge in [-0.15, -0.1) is 0 Å². The first-order chi connectivity index (χ1) is 11.3. The van der Waals surface area contributed by atoms with E-state index in [1.165, 1.54) is 5.56 Å². The van der Waals surface area contributed by atoms with Crippen molar-refractivity contribution in [3.05, 3.63) is 52.7 Å². The molecule has 2 heterocycles. The van der Waals surface area contributed by atoms with Gasteiger partial charge in [0.25, 0.3) is 0 Å². The summed E-state index contributed by atoms with van der Waals surface area (Å²) < 4.78 is 6.15. The van der Waals surface area contributed by atoms with Crippen LogP contribution in [0.4, 0.5) is 5.82 Å². The minimum Gasteiger partial charge on any atom is -0.483 e. The van der Waals surface area contributed by atoms with Gasteiger partial charge in [0.2, 0.25) is 0 Å². The molecule has 23 heavy (non-hydrogen) atoms. The molecule has 2 aliphatic rings. The van der Waals surface area contributed by atoms with Crippen molar-refractivity contribution in [2.45, 2.75) is 18.9 Å². The Morgan fingerprint density at radius 3 is 2.78 bits per heavy atom. The van der Waals surface area contributed by atoms with E-state index in [0.717, 1.165) is 56.3 Å². The molecule has 1 aliphatic heterocycles. The number of piperazine rings is 1. The second-order valence-corrected chi connectivity index (χ2v) is 6.43. The van der Waals surface area contributed by atoms with E-state index in [1.807, 2.05) is 24.3 Å². The van der Waals surface area contributed by atoms with Gasteiger partial charge >= 0.3 is 0 Å². The van der Waals surface area contributed by atoms with Crippen molar-refractivity contribution in [1.29, 1.82) is 0 Å². The summed E-state index contributed by atoms with van der Waals surface area (Å²) in [4.78, 5) is 7.25. The Hall–Kier alpha value is -1.78. The van der Waals surface area contributed by atoms with E-state index < -0.39 is 0 Å². The van der Waals surface area contributed by atoms with Crippen molar-refractivity contribution in [2.24, 2.45) is 0 Å². The number of aryl methyl sites for hydroxylation is 1. The number of anilines is 1. The Labute approximate surface area is 141 Å². The lowest BCUT2D eigenvalue weighted by Gasteiger charge is -2.29. The standard InChI is InChI=1S/C18H20ClN3O/c19-14-3-1-2-4-15(14)23-16-7-5-13-6-8-17(21-18(13)16)22-11-9-20-10-12-22/h1-4,6,8,16,20H,5,7,9-12H2/t16-/m0/s1. The van der Waals surface area contributed by atoms with Crippen LogP contribution in [-0.2, 0) is 6.42 Å². The molecular formula is C18H20ClN3O. The average Bonchev–Trinajstić information content (AvgIpc) is 3.00. The molecule has 5 heteroatoms. The smallest absolute Gasteiger partial charge is 0.141 e. The molecule has 1 aromatic heterocycles. The molecule has 1 aromatic carbocycles. The number of halogens is 1. The van der Waals surface area contributed by atoms with Gasteiger partial charge in [-0.1, -0.05) is 29.8 Å². The summed E-state index contributed by atoms with van der Waals surface area (Å²) in [7, 11) is 0. The highest BCUT2D eigenvalue weighted by molar-refractivity contribution is 6.32. The fourth-order valence-corrected chi connectivity index (χ4v) is 3.47. The molecule has 4 nitrogen and oxygen atoms in total. The zero-order valence-corrected chi connectivity index (χ0v) is 13.7. The molecule has 2 aromatic rings. The highest BCUT2D eigenvalue weighted by Gasteiger charge is 2.27. The zero-order chi connectivity index (χ0) is 15.6. The van der Waals surface area contributed by atoms with E-state index in [4.69, 9.17) is 21.3 Å². The minimum absolute atomic E-state index is 0.00670. The number of fused-ring (bicyclic) bond motifs is 1. The lowest BCUT2D eigenvalue weighted by molar-refractivity contribution is 0.203. The third kappa shape index (κ3) is 3.01. The van der Waals surface area contributed by atoms with Crippen LogP contribution in [-0.4, -0.2) is 31.2 Å². The number of nitrogens with zero attached hydrogens (tertiary/aromatic N) is 2. The van der Waals surface area contributed by atoms with E-state index >= 15 is 0 Å². The molecule has 1 aliphatic carbocycles. The highest BCUT2D eigenvalue weighted by atomic mass is 35.5. The molecule has 0 bridgehead atoms. The van der Waals surface area contributed by atoms with Crippen LogP contribution in [0.3, 0.4) is 0 Å². The van der Waals surface area contributed by atoms with Gasteiger partial charge in [-0.2, -0.15) is 0 Å². The summed E-state index contributed by atoms with van der Waals surface area (Å²) in [6, 6.07) is 12.0. The second kappa shape index (κ2) is 6.38. The number of para-hydroxylation sites is 1. The first-order valence-corrected chi connectivity index (χ1v) is 8.56. The molecular weight excluding hydrogens is 310 g/mol. The van der Waals surface area contributed by atoms with Gasteiger partial charge in [-0.25, -0.2) is 4.98 Å². The minimum atomic E-state index is -0.00670. The van der Waals surface area contributed by atoms with Crippen LogP contribution in [0.1, 0.15) is 23.8 Å². The number of ether oxygens (including phenoxy) is 1. The average molecular weight is 330 g/mol. The van der Waals surface area contributed by atoms with Gasteiger partial charge in [0.1, 0.15) is 17.7 Å². The van der Waals surface area contributed by atoms with E-state index in [0.29, 0.717) is 5.02 Å². The fourth-order valence-electron chi connectivity index (χ4n) is 3.28. The Kier molecular flexibility index (Phi) is 4.10. The van der Waals surface area contributed by atoms with Gasteiger partial charge < -0.3 is 15.0 Å². The molecule has 1 atom stereocenters. The maximum atomic E-state index is 6.22. The van der Waals surface area contributed by atoms with Crippen molar-refractivity contribution in [3.8, 4) is 5.75 Å². The van der Waals surface area contributed by atoms with Crippen LogP contribution >= 0.6 is 11.6 Å². The molecule has 0 unspecified atom stereocenters. The van der Waals surface area contributed by atoms with Gasteiger partial charge in [-0.05, 0) is 36.6 Å². The van der Waals surface area contributed by atoms with Crippen LogP contribution in [0.15, 0.2) is 36.4 Å². The second-order valence-electron chi connectivity index (χ2n) is 6.03. The summed E-state index contributed by atoms with van der Waals surface area (Å²) >= 11 is 6.22. The van der Waals surface area contributed by atoms with Crippen molar-refractivity contribution in [3.63, 3.8) is 0 Å². The van der Waals surface area contributed by atoms with Crippen molar-refractivity contribution < 1.29 is 4.74 Å². The fraction of sp³-hybridized carbons (Fsp3) is 0.389. The summed E-state index contributed by atoms with van der Waals surface area (Å²) in [5.41, 5.74) is 2.36. The first kappa shape index (κ1) is 14.8. The summed E-state index contributed by atoms with van der Waals surface area (Å²) in [6.45, 7) is 4.03. The van der Waals surface area contributed by atoms with Crippen LogP contribution in [0.5, 0.6) is 5.75 Å². The van der Waals surface area contributed by atoms with Crippen LogP contribution in [0.2, 0.25) is 5.02 Å². The Morgan fingerprint density at radius 1 is 1.13 bits per heavy atom.